The van der Waals surface area contributed by atoms with Gasteiger partial charge in [-0.1, -0.05) is 25.7 Å². The average molecular weight is 286 g/mol. The Morgan fingerprint density at radius 2 is 1.85 bits per heavy atom. The molecule has 3 N–H and O–H groups in total. The minimum absolute atomic E-state index is 0.203. The molecular formula is C15H26O5. The van der Waals surface area contributed by atoms with E-state index in [0.29, 0.717) is 12.0 Å². The lowest BCUT2D eigenvalue weighted by atomic mass is 9.97. The zero-order valence-corrected chi connectivity index (χ0v) is 12.6. The van der Waals surface area contributed by atoms with Gasteiger partial charge in [0, 0.05) is 5.57 Å². The first-order valence-electron chi connectivity index (χ1n) is 7.22. The van der Waals surface area contributed by atoms with Gasteiger partial charge < -0.3 is 20.1 Å². The molecule has 0 aliphatic carbocycles. The maximum absolute atomic E-state index is 11.5. The number of aliphatic hydroxyl groups excluding tert-OH is 2. The summed E-state index contributed by atoms with van der Waals surface area (Å²) in [6, 6.07) is 0. The second-order valence-corrected chi connectivity index (χ2v) is 6.14. The number of hydrogen-bond acceptors (Lipinski definition) is 5. The fourth-order valence-corrected chi connectivity index (χ4v) is 2.34. The Hall–Kier alpha value is -0.910. The number of carbonyl (C=O) groups excluding carboxylic acids is 1. The van der Waals surface area contributed by atoms with Crippen molar-refractivity contribution < 1.29 is 24.9 Å². The lowest BCUT2D eigenvalue weighted by Crippen LogP contribution is -2.18. The van der Waals surface area contributed by atoms with Gasteiger partial charge >= 0.3 is 5.97 Å². The number of carbonyl (C=O) groups is 1. The van der Waals surface area contributed by atoms with Crippen LogP contribution in [-0.2, 0) is 9.53 Å². The molecule has 2 unspecified atom stereocenters. The van der Waals surface area contributed by atoms with Gasteiger partial charge in [0.25, 0.3) is 0 Å². The Kier molecular flexibility index (Phi) is 6.17. The van der Waals surface area contributed by atoms with Crippen LogP contribution in [0.25, 0.3) is 0 Å². The van der Waals surface area contributed by atoms with Crippen molar-refractivity contribution in [1.82, 2.24) is 0 Å². The number of esters is 1. The molecule has 5 heteroatoms. The van der Waals surface area contributed by atoms with Gasteiger partial charge in [0.05, 0.1) is 17.3 Å². The van der Waals surface area contributed by atoms with Gasteiger partial charge in [-0.25, -0.2) is 4.79 Å². The number of aliphatic hydroxyl groups is 3. The van der Waals surface area contributed by atoms with Crippen LogP contribution < -0.4 is 0 Å². The summed E-state index contributed by atoms with van der Waals surface area (Å²) in [4.78, 5) is 11.5. The molecule has 0 aromatic carbocycles. The summed E-state index contributed by atoms with van der Waals surface area (Å²) in [5, 5.41) is 28.9. The average Bonchev–Trinajstić information content (AvgIpc) is 2.56. The van der Waals surface area contributed by atoms with Crippen molar-refractivity contribution in [2.24, 2.45) is 0 Å². The van der Waals surface area contributed by atoms with Crippen molar-refractivity contribution in [3.8, 4) is 0 Å². The number of rotatable bonds is 8. The first kappa shape index (κ1) is 17.1. The fourth-order valence-electron chi connectivity index (χ4n) is 2.34. The van der Waals surface area contributed by atoms with E-state index in [-0.39, 0.29) is 5.57 Å². The molecule has 1 aliphatic rings. The van der Waals surface area contributed by atoms with Crippen molar-refractivity contribution in [3.63, 3.8) is 0 Å². The van der Waals surface area contributed by atoms with E-state index in [1.165, 1.54) is 0 Å². The second-order valence-electron chi connectivity index (χ2n) is 6.14. The Balaban J connectivity index is 2.24. The van der Waals surface area contributed by atoms with Crippen LogP contribution in [0.4, 0.5) is 0 Å². The van der Waals surface area contributed by atoms with Crippen LogP contribution in [0.15, 0.2) is 11.1 Å². The minimum atomic E-state index is -1.21. The van der Waals surface area contributed by atoms with Gasteiger partial charge in [-0.15, -0.1) is 0 Å². The normalized spacial score (nSPS) is 21.3. The van der Waals surface area contributed by atoms with Crippen molar-refractivity contribution in [2.45, 2.75) is 77.3 Å². The van der Waals surface area contributed by atoms with E-state index in [2.05, 4.69) is 4.74 Å². The van der Waals surface area contributed by atoms with Gasteiger partial charge in [0.15, 0.2) is 0 Å². The molecule has 20 heavy (non-hydrogen) atoms. The topological polar surface area (TPSA) is 87.0 Å². The predicted molar refractivity (Wildman–Crippen MR) is 74.8 cm³/mol. The highest BCUT2D eigenvalue weighted by molar-refractivity contribution is 5.92. The SMILES string of the molecule is CC1=C(C(O)CCCCCCC(C)(C)O)C(=O)OC1O. The Bertz CT molecular complexity index is 367. The molecule has 0 amide bonds. The Morgan fingerprint density at radius 3 is 2.35 bits per heavy atom. The summed E-state index contributed by atoms with van der Waals surface area (Å²) in [5.41, 5.74) is -0.0101. The van der Waals surface area contributed by atoms with Crippen LogP contribution in [0.2, 0.25) is 0 Å². The molecule has 0 spiro atoms. The van der Waals surface area contributed by atoms with Crippen LogP contribution in [0, 0.1) is 0 Å². The van der Waals surface area contributed by atoms with Crippen LogP contribution in [0.1, 0.15) is 59.3 Å². The third kappa shape index (κ3) is 5.23. The molecule has 116 valence electrons. The van der Waals surface area contributed by atoms with Crippen molar-refractivity contribution in [2.75, 3.05) is 0 Å². The van der Waals surface area contributed by atoms with Crippen LogP contribution in [-0.4, -0.2) is 39.3 Å². The number of cyclic esters (lactones) is 1. The fraction of sp³-hybridized carbons (Fsp3) is 0.800. The predicted octanol–water partition coefficient (Wildman–Crippen LogP) is 1.65. The molecule has 0 bridgehead atoms. The second kappa shape index (κ2) is 7.20. The Labute approximate surface area is 120 Å². The van der Waals surface area contributed by atoms with Gasteiger partial charge in [0.1, 0.15) is 0 Å². The summed E-state index contributed by atoms with van der Waals surface area (Å²) in [7, 11) is 0. The van der Waals surface area contributed by atoms with Crippen molar-refractivity contribution >= 4 is 5.97 Å². The van der Waals surface area contributed by atoms with Crippen LogP contribution in [0.3, 0.4) is 0 Å². The zero-order chi connectivity index (χ0) is 15.3. The lowest BCUT2D eigenvalue weighted by Gasteiger charge is -2.16. The summed E-state index contributed by atoms with van der Waals surface area (Å²) in [6.07, 6.45) is 2.84. The molecule has 0 aromatic heterocycles. The highest BCUT2D eigenvalue weighted by Gasteiger charge is 2.33. The molecule has 1 rings (SSSR count). The van der Waals surface area contributed by atoms with E-state index in [1.54, 1.807) is 20.8 Å². The third-order valence-electron chi connectivity index (χ3n) is 3.58. The molecule has 0 fully saturated rings. The molecule has 0 saturated heterocycles. The standard InChI is InChI=1S/C15H26O5/c1-10-12(14(18)20-13(10)17)11(16)8-6-4-5-7-9-15(2,3)19/h11,13,16-17,19H,4-9H2,1-3H3. The van der Waals surface area contributed by atoms with E-state index in [9.17, 15) is 20.1 Å². The summed E-state index contributed by atoms with van der Waals surface area (Å²) >= 11 is 0. The summed E-state index contributed by atoms with van der Waals surface area (Å²) in [5.74, 6) is -0.621. The monoisotopic (exact) mass is 286 g/mol. The smallest absolute Gasteiger partial charge is 0.339 e. The molecule has 1 heterocycles. The maximum Gasteiger partial charge on any atom is 0.339 e. The van der Waals surface area contributed by atoms with Gasteiger partial charge in [-0.3, -0.25) is 0 Å². The molecular weight excluding hydrogens is 260 g/mol. The molecule has 0 radical (unpaired) electrons. The van der Waals surface area contributed by atoms with E-state index in [1.807, 2.05) is 0 Å². The Morgan fingerprint density at radius 1 is 1.25 bits per heavy atom. The molecule has 1 aliphatic heterocycles. The molecule has 0 saturated carbocycles. The molecule has 0 aromatic rings. The maximum atomic E-state index is 11.5. The number of hydrogen-bond donors (Lipinski definition) is 3. The minimum Gasteiger partial charge on any atom is -0.428 e. The summed E-state index contributed by atoms with van der Waals surface area (Å²) < 4.78 is 4.64. The molecule has 5 nitrogen and oxygen atoms in total. The largest absolute Gasteiger partial charge is 0.428 e. The quantitative estimate of drug-likeness (QED) is 0.466. The van der Waals surface area contributed by atoms with Crippen LogP contribution in [0.5, 0.6) is 0 Å². The van der Waals surface area contributed by atoms with E-state index < -0.39 is 24.0 Å². The van der Waals surface area contributed by atoms with E-state index in [4.69, 9.17) is 0 Å². The van der Waals surface area contributed by atoms with Gasteiger partial charge in [-0.2, -0.15) is 0 Å². The highest BCUT2D eigenvalue weighted by atomic mass is 16.6. The van der Waals surface area contributed by atoms with Gasteiger partial charge in [0.2, 0.25) is 6.29 Å². The highest BCUT2D eigenvalue weighted by Crippen LogP contribution is 2.26. The van der Waals surface area contributed by atoms with Crippen LogP contribution >= 0.6 is 0 Å². The van der Waals surface area contributed by atoms with Crippen molar-refractivity contribution in [3.05, 3.63) is 11.1 Å². The zero-order valence-electron chi connectivity index (χ0n) is 12.6. The summed E-state index contributed by atoms with van der Waals surface area (Å²) in [6.45, 7) is 5.18. The molecule has 2 atom stereocenters. The van der Waals surface area contributed by atoms with E-state index >= 15 is 0 Å². The first-order chi connectivity index (χ1) is 9.22. The van der Waals surface area contributed by atoms with Gasteiger partial charge in [-0.05, 0) is 33.6 Å². The number of unbranched alkanes of at least 4 members (excludes halogenated alkanes) is 3. The number of ether oxygens (including phenoxy) is 1. The first-order valence-corrected chi connectivity index (χ1v) is 7.22. The van der Waals surface area contributed by atoms with E-state index in [0.717, 1.165) is 32.1 Å². The third-order valence-corrected chi connectivity index (χ3v) is 3.58. The van der Waals surface area contributed by atoms with Crippen molar-refractivity contribution in [1.29, 1.82) is 0 Å². The lowest BCUT2D eigenvalue weighted by molar-refractivity contribution is -0.152.